The summed E-state index contributed by atoms with van der Waals surface area (Å²) < 4.78 is 0. The summed E-state index contributed by atoms with van der Waals surface area (Å²) in [6.45, 7) is -0.0694. The van der Waals surface area contributed by atoms with Gasteiger partial charge in [0, 0.05) is 0 Å². The molecule has 0 amide bonds. The Kier molecular flexibility index (Phi) is 16.0. The molecule has 0 radical (unpaired) electrons. The van der Waals surface area contributed by atoms with Crippen LogP contribution in [0.2, 0.25) is 0 Å². The van der Waals surface area contributed by atoms with E-state index in [2.05, 4.69) is 4.89 Å². The van der Waals surface area contributed by atoms with E-state index in [4.69, 9.17) is 10.1 Å². The maximum Gasteiger partial charge on any atom is 1.00 e. The molecule has 0 heterocycles. The second-order valence-corrected chi connectivity index (χ2v) is 0.202. The summed E-state index contributed by atoms with van der Waals surface area (Å²) in [7, 11) is 0. The molecule has 0 aliphatic carbocycles. The third kappa shape index (κ3) is 12.8. The Balaban J connectivity index is -0.0000000450. The van der Waals surface area contributed by atoms with E-state index in [0.717, 1.165) is 0 Å². The monoisotopic (exact) mass is 86.0 g/mol. The molecule has 0 atom stereocenters. The molecule has 0 aromatic carbocycles. The van der Waals surface area contributed by atoms with E-state index in [0.29, 0.717) is 0 Å². The zero-order valence-electron chi connectivity index (χ0n) is 3.84. The van der Waals surface area contributed by atoms with E-state index in [9.17, 15) is 0 Å². The van der Waals surface area contributed by atoms with Crippen molar-refractivity contribution < 1.29 is 45.9 Å². The summed E-state index contributed by atoms with van der Waals surface area (Å²) in [6.07, 6.45) is 0. The zero-order chi connectivity index (χ0) is 3.41. The molecule has 4 heteroatoms. The maximum absolute atomic E-state index is 8.70. The molecule has 0 saturated heterocycles. The van der Waals surface area contributed by atoms with Crippen molar-refractivity contribution in [1.29, 1.82) is 0 Å². The molecule has 1 N–H and O–H groups in total. The molecule has 0 unspecified atom stereocenters. The molecule has 0 aliphatic heterocycles. The first-order valence-corrected chi connectivity index (χ1v) is 0.654. The van der Waals surface area contributed by atoms with Crippen LogP contribution in [0, 0.1) is 0 Å². The minimum absolute atomic E-state index is 0. The topological polar surface area (TPSA) is 46.5 Å². The average molecular weight is 86.0 g/mol. The van der Waals surface area contributed by atoms with Crippen molar-refractivity contribution in [1.82, 2.24) is 0 Å². The Hall–Kier alpha value is 0.430. The summed E-state index contributed by atoms with van der Waals surface area (Å²) in [6, 6.07) is 0. The second-order valence-electron chi connectivity index (χ2n) is 0.202. The maximum atomic E-state index is 8.70. The standard InChI is InChI=1S/CH2O3.Na.H/c2-1-4-3;;/h1,3H;;/q;+1;-1. The molecule has 26 valence electrons. The van der Waals surface area contributed by atoms with Crippen molar-refractivity contribution in [2.24, 2.45) is 0 Å². The van der Waals surface area contributed by atoms with Crippen LogP contribution < -0.4 is 29.6 Å². The summed E-state index contributed by atoms with van der Waals surface area (Å²) in [5, 5.41) is 7.01. The SMILES string of the molecule is O=COO.[H-].[Na+]. The molecule has 0 aromatic rings. The summed E-state index contributed by atoms with van der Waals surface area (Å²) in [4.78, 5) is 11.6. The molecule has 0 aromatic heterocycles. The average Bonchev–Trinajstić information content (AvgIpc) is 1.37. The smallest absolute Gasteiger partial charge is 1.00 e. The largest absolute Gasteiger partial charge is 1.00 e. The van der Waals surface area contributed by atoms with Crippen LogP contribution in [0.4, 0.5) is 0 Å². The van der Waals surface area contributed by atoms with Gasteiger partial charge in [-0.2, -0.15) is 0 Å². The normalized spacial score (nSPS) is 4.20. The number of rotatable bonds is 1. The van der Waals surface area contributed by atoms with Crippen molar-refractivity contribution >= 4 is 6.47 Å². The minimum Gasteiger partial charge on any atom is -1.00 e. The summed E-state index contributed by atoms with van der Waals surface area (Å²) in [5.41, 5.74) is 0. The van der Waals surface area contributed by atoms with Gasteiger partial charge in [-0.25, -0.2) is 5.26 Å². The van der Waals surface area contributed by atoms with E-state index in [1.165, 1.54) is 0 Å². The molecule has 0 aliphatic rings. The predicted molar refractivity (Wildman–Crippen MR) is 10.9 cm³/mol. The molecular formula is CH3NaO3. The number of hydrogen-bond donors (Lipinski definition) is 1. The van der Waals surface area contributed by atoms with Gasteiger partial charge in [0.2, 0.25) is 0 Å². The van der Waals surface area contributed by atoms with E-state index in [1.807, 2.05) is 0 Å². The first-order valence-electron chi connectivity index (χ1n) is 0.654. The molecular weight excluding hydrogens is 83.0 g/mol. The van der Waals surface area contributed by atoms with E-state index in [1.54, 1.807) is 0 Å². The number of carbonyl (C=O) groups excluding carboxylic acids is 1. The molecule has 0 spiro atoms. The Morgan fingerprint density at radius 3 is 2.20 bits per heavy atom. The third-order valence-electron chi connectivity index (χ3n) is 0.0430. The fourth-order valence-electron chi connectivity index (χ4n) is 0. The molecule has 3 nitrogen and oxygen atoms in total. The van der Waals surface area contributed by atoms with Crippen molar-refractivity contribution in [3.8, 4) is 0 Å². The molecule has 5 heavy (non-hydrogen) atoms. The number of carbonyl (C=O) groups is 1. The van der Waals surface area contributed by atoms with Crippen LogP contribution in [0.3, 0.4) is 0 Å². The Bertz CT molecular complexity index is 24.8. The van der Waals surface area contributed by atoms with Crippen LogP contribution in [0.15, 0.2) is 0 Å². The minimum atomic E-state index is -0.0694. The van der Waals surface area contributed by atoms with Crippen molar-refractivity contribution in [2.75, 3.05) is 0 Å². The van der Waals surface area contributed by atoms with E-state index >= 15 is 0 Å². The zero-order valence-corrected chi connectivity index (χ0v) is 4.84. The predicted octanol–water partition coefficient (Wildman–Crippen LogP) is -3.25. The van der Waals surface area contributed by atoms with Gasteiger partial charge in [0.15, 0.2) is 0 Å². The van der Waals surface area contributed by atoms with Gasteiger partial charge in [-0.1, -0.05) is 0 Å². The molecule has 0 saturated carbocycles. The van der Waals surface area contributed by atoms with Gasteiger partial charge in [-0.3, -0.25) is 4.79 Å². The quantitative estimate of drug-likeness (QED) is 0.158. The van der Waals surface area contributed by atoms with Crippen molar-refractivity contribution in [2.45, 2.75) is 0 Å². The van der Waals surface area contributed by atoms with E-state index < -0.39 is 0 Å². The summed E-state index contributed by atoms with van der Waals surface area (Å²) >= 11 is 0. The van der Waals surface area contributed by atoms with Crippen LogP contribution in [0.1, 0.15) is 1.43 Å². The molecule has 0 bridgehead atoms. The van der Waals surface area contributed by atoms with Crippen LogP contribution in [-0.2, 0) is 9.68 Å². The van der Waals surface area contributed by atoms with Crippen LogP contribution in [0.25, 0.3) is 0 Å². The van der Waals surface area contributed by atoms with Gasteiger partial charge in [-0.05, 0) is 0 Å². The van der Waals surface area contributed by atoms with Gasteiger partial charge in [0.1, 0.15) is 0 Å². The summed E-state index contributed by atoms with van der Waals surface area (Å²) in [5.74, 6) is 0. The van der Waals surface area contributed by atoms with Crippen LogP contribution in [-0.4, -0.2) is 11.7 Å². The molecule has 0 fully saturated rings. The van der Waals surface area contributed by atoms with Crippen LogP contribution in [0.5, 0.6) is 0 Å². The first kappa shape index (κ1) is 9.06. The third-order valence-corrected chi connectivity index (χ3v) is 0.0430. The first-order chi connectivity index (χ1) is 1.91. The Morgan fingerprint density at radius 1 is 2.00 bits per heavy atom. The van der Waals surface area contributed by atoms with Gasteiger partial charge in [0.05, 0.1) is 0 Å². The second kappa shape index (κ2) is 8.83. The van der Waals surface area contributed by atoms with Gasteiger partial charge in [0.25, 0.3) is 0 Å². The van der Waals surface area contributed by atoms with Gasteiger partial charge >= 0.3 is 36.0 Å². The fourth-order valence-corrected chi connectivity index (χ4v) is 0. The van der Waals surface area contributed by atoms with Gasteiger partial charge in [-0.15, -0.1) is 0 Å². The Morgan fingerprint density at radius 2 is 2.20 bits per heavy atom. The van der Waals surface area contributed by atoms with E-state index in [-0.39, 0.29) is 37.5 Å². The van der Waals surface area contributed by atoms with Crippen molar-refractivity contribution in [3.63, 3.8) is 0 Å². The van der Waals surface area contributed by atoms with Crippen molar-refractivity contribution in [3.05, 3.63) is 0 Å². The number of hydrogen-bond acceptors (Lipinski definition) is 3. The van der Waals surface area contributed by atoms with Gasteiger partial charge < -0.3 is 6.31 Å². The fraction of sp³-hybridized carbons (Fsp3) is 0. The van der Waals surface area contributed by atoms with Crippen LogP contribution >= 0.6 is 0 Å². The molecule has 0 rings (SSSR count). The Labute approximate surface area is 52.6 Å².